The molecular weight excluding hydrogens is 409 g/mol. The molecular formula is C24H16FN5O2. The maximum atomic E-state index is 13.5. The van der Waals surface area contributed by atoms with Crippen LogP contribution in [0.4, 0.5) is 10.3 Å². The van der Waals surface area contributed by atoms with Gasteiger partial charge in [0.25, 0.3) is 5.56 Å². The summed E-state index contributed by atoms with van der Waals surface area (Å²) in [4.78, 5) is 19.9. The summed E-state index contributed by atoms with van der Waals surface area (Å²) in [7, 11) is 0. The number of rotatable bonds is 4. The summed E-state index contributed by atoms with van der Waals surface area (Å²) in [6, 6.07) is 20.7. The molecule has 5 rings (SSSR count). The average Bonchev–Trinajstić information content (AvgIpc) is 3.50. The van der Waals surface area contributed by atoms with E-state index in [1.807, 2.05) is 36.4 Å². The van der Waals surface area contributed by atoms with Crippen molar-refractivity contribution in [3.8, 4) is 17.5 Å². The number of H-pyrrole nitrogens is 1. The Kier molecular flexibility index (Phi) is 4.84. The number of nitrogens with zero attached hydrogens (tertiary/aromatic N) is 4. The number of nitrogens with one attached hydrogen (secondary N) is 1. The zero-order chi connectivity index (χ0) is 22.1. The molecule has 1 aliphatic heterocycles. The first kappa shape index (κ1) is 19.5. The van der Waals surface area contributed by atoms with E-state index in [0.29, 0.717) is 12.2 Å². The third kappa shape index (κ3) is 3.46. The van der Waals surface area contributed by atoms with Crippen molar-refractivity contribution in [1.29, 1.82) is 5.26 Å². The van der Waals surface area contributed by atoms with E-state index in [9.17, 15) is 14.4 Å². The lowest BCUT2D eigenvalue weighted by atomic mass is 9.98. The van der Waals surface area contributed by atoms with Crippen molar-refractivity contribution in [1.82, 2.24) is 9.97 Å². The van der Waals surface area contributed by atoms with E-state index in [1.54, 1.807) is 29.3 Å². The molecule has 32 heavy (non-hydrogen) atoms. The maximum absolute atomic E-state index is 13.5. The number of aromatic amines is 1. The molecule has 1 N–H and O–H groups in total. The van der Waals surface area contributed by atoms with E-state index in [-0.39, 0.29) is 29.1 Å². The number of furan rings is 1. The maximum Gasteiger partial charge on any atom is 0.271 e. The summed E-state index contributed by atoms with van der Waals surface area (Å²) in [5.41, 5.74) is 1.94. The van der Waals surface area contributed by atoms with Gasteiger partial charge in [-0.1, -0.05) is 42.5 Å². The number of nitriles is 1. The van der Waals surface area contributed by atoms with Crippen LogP contribution in [-0.4, -0.2) is 15.7 Å². The van der Waals surface area contributed by atoms with Gasteiger partial charge in [0.15, 0.2) is 5.76 Å². The van der Waals surface area contributed by atoms with Gasteiger partial charge in [-0.3, -0.25) is 9.78 Å². The molecule has 156 valence electrons. The fourth-order valence-electron chi connectivity index (χ4n) is 3.72. The largest absolute Gasteiger partial charge is 0.463 e. The Morgan fingerprint density at radius 3 is 2.56 bits per heavy atom. The highest BCUT2D eigenvalue weighted by molar-refractivity contribution is 6.03. The molecule has 4 aromatic rings. The molecule has 0 saturated heterocycles. The zero-order valence-electron chi connectivity index (χ0n) is 16.7. The molecule has 0 saturated carbocycles. The van der Waals surface area contributed by atoms with E-state index in [1.165, 1.54) is 18.4 Å². The fraction of sp³-hybridized carbons (Fsp3) is 0.0833. The van der Waals surface area contributed by atoms with Crippen molar-refractivity contribution < 1.29 is 8.81 Å². The van der Waals surface area contributed by atoms with Gasteiger partial charge in [-0.05, 0) is 35.4 Å². The summed E-state index contributed by atoms with van der Waals surface area (Å²) in [6.07, 6.45) is 1.97. The van der Waals surface area contributed by atoms with Crippen molar-refractivity contribution in [2.24, 2.45) is 5.10 Å². The fourth-order valence-corrected chi connectivity index (χ4v) is 3.72. The third-order valence-corrected chi connectivity index (χ3v) is 5.26. The Morgan fingerprint density at radius 2 is 1.88 bits per heavy atom. The minimum atomic E-state index is -0.592. The summed E-state index contributed by atoms with van der Waals surface area (Å²) >= 11 is 0. The van der Waals surface area contributed by atoms with Crippen LogP contribution in [-0.2, 0) is 0 Å². The number of hydrazone groups is 1. The second kappa shape index (κ2) is 7.96. The van der Waals surface area contributed by atoms with Crippen LogP contribution in [0, 0.1) is 17.1 Å². The van der Waals surface area contributed by atoms with E-state index < -0.39 is 5.56 Å². The molecule has 0 bridgehead atoms. The first-order valence-corrected chi connectivity index (χ1v) is 9.90. The molecule has 8 heteroatoms. The molecule has 7 nitrogen and oxygen atoms in total. The predicted octanol–water partition coefficient (Wildman–Crippen LogP) is 4.40. The quantitative estimate of drug-likeness (QED) is 0.523. The van der Waals surface area contributed by atoms with Crippen molar-refractivity contribution >= 4 is 11.7 Å². The van der Waals surface area contributed by atoms with Crippen molar-refractivity contribution in [3.63, 3.8) is 0 Å². The predicted molar refractivity (Wildman–Crippen MR) is 116 cm³/mol. The monoisotopic (exact) mass is 425 g/mol. The van der Waals surface area contributed by atoms with E-state index in [0.717, 1.165) is 16.8 Å². The molecule has 0 amide bonds. The highest BCUT2D eigenvalue weighted by atomic mass is 19.1. The molecule has 1 aliphatic rings. The van der Waals surface area contributed by atoms with Gasteiger partial charge in [-0.25, -0.2) is 14.4 Å². The molecule has 2 aromatic heterocycles. The van der Waals surface area contributed by atoms with E-state index in [2.05, 4.69) is 9.97 Å². The zero-order valence-corrected chi connectivity index (χ0v) is 16.7. The summed E-state index contributed by atoms with van der Waals surface area (Å²) < 4.78 is 18.9. The van der Waals surface area contributed by atoms with Crippen LogP contribution in [0.15, 0.2) is 87.3 Å². The molecule has 0 radical (unpaired) electrons. The highest BCUT2D eigenvalue weighted by Gasteiger charge is 2.32. The van der Waals surface area contributed by atoms with E-state index >= 15 is 0 Å². The van der Waals surface area contributed by atoms with Crippen molar-refractivity contribution in [2.75, 3.05) is 5.01 Å². The summed E-state index contributed by atoms with van der Waals surface area (Å²) in [6.45, 7) is 0. The Bertz CT molecular complexity index is 1390. The van der Waals surface area contributed by atoms with Gasteiger partial charge in [0, 0.05) is 6.42 Å². The van der Waals surface area contributed by atoms with Gasteiger partial charge in [-0.15, -0.1) is 0 Å². The Labute approximate surface area is 182 Å². The topological polar surface area (TPSA) is 98.3 Å². The van der Waals surface area contributed by atoms with Crippen LogP contribution >= 0.6 is 0 Å². The first-order chi connectivity index (χ1) is 15.6. The molecule has 0 fully saturated rings. The normalized spacial score (nSPS) is 15.4. The Morgan fingerprint density at radius 1 is 1.09 bits per heavy atom. The molecule has 0 aliphatic carbocycles. The lowest BCUT2D eigenvalue weighted by Gasteiger charge is -2.22. The average molecular weight is 425 g/mol. The minimum Gasteiger partial charge on any atom is -0.463 e. The SMILES string of the molecule is N#Cc1c(-c2ccco2)nc(N2N=C(c3ccccc3)CC2c2ccc(F)cc2)[nH]c1=O. The first-order valence-electron chi connectivity index (χ1n) is 9.90. The molecule has 0 spiro atoms. The lowest BCUT2D eigenvalue weighted by molar-refractivity contribution is 0.578. The molecule has 2 aromatic carbocycles. The summed E-state index contributed by atoms with van der Waals surface area (Å²) in [5.74, 6) is 0.131. The van der Waals surface area contributed by atoms with Crippen LogP contribution in [0.2, 0.25) is 0 Å². The Balaban J connectivity index is 1.66. The van der Waals surface area contributed by atoms with Crippen molar-refractivity contribution in [3.05, 3.63) is 106 Å². The number of anilines is 1. The van der Waals surface area contributed by atoms with Crippen LogP contribution in [0.25, 0.3) is 11.5 Å². The van der Waals surface area contributed by atoms with Crippen molar-refractivity contribution in [2.45, 2.75) is 12.5 Å². The molecule has 1 unspecified atom stereocenters. The Hall–Kier alpha value is -4.51. The highest BCUT2D eigenvalue weighted by Crippen LogP contribution is 2.35. The smallest absolute Gasteiger partial charge is 0.271 e. The second-order valence-electron chi connectivity index (χ2n) is 7.23. The standard InChI is InChI=1S/C24H16FN5O2/c25-17-10-8-16(9-11-17)20-13-19(15-5-2-1-3-6-15)29-30(20)24-27-22(21-7-4-12-32-21)18(14-26)23(31)28-24/h1-12,20H,13H2,(H,27,28,31). The van der Waals surface area contributed by atoms with Gasteiger partial charge in [-0.2, -0.15) is 10.4 Å². The van der Waals surface area contributed by atoms with Gasteiger partial charge in [0.05, 0.1) is 18.0 Å². The molecule has 1 atom stereocenters. The molecule has 3 heterocycles. The number of hydrogen-bond donors (Lipinski definition) is 1. The van der Waals surface area contributed by atoms with Gasteiger partial charge in [0.1, 0.15) is 23.1 Å². The lowest BCUT2D eigenvalue weighted by Crippen LogP contribution is -2.25. The minimum absolute atomic E-state index is 0.137. The number of hydrogen-bond acceptors (Lipinski definition) is 6. The van der Waals surface area contributed by atoms with Crippen LogP contribution in [0.1, 0.15) is 29.2 Å². The van der Waals surface area contributed by atoms with Gasteiger partial charge >= 0.3 is 0 Å². The van der Waals surface area contributed by atoms with Gasteiger partial charge in [0.2, 0.25) is 5.95 Å². The van der Waals surface area contributed by atoms with Crippen LogP contribution in [0.3, 0.4) is 0 Å². The number of benzene rings is 2. The summed E-state index contributed by atoms with van der Waals surface area (Å²) in [5, 5.41) is 15.8. The second-order valence-corrected chi connectivity index (χ2v) is 7.23. The number of halogens is 1. The van der Waals surface area contributed by atoms with Crippen LogP contribution < -0.4 is 10.6 Å². The number of aromatic nitrogens is 2. The third-order valence-electron chi connectivity index (χ3n) is 5.26. The van der Waals surface area contributed by atoms with Gasteiger partial charge < -0.3 is 4.42 Å². The van der Waals surface area contributed by atoms with Crippen LogP contribution in [0.5, 0.6) is 0 Å². The van der Waals surface area contributed by atoms with E-state index in [4.69, 9.17) is 9.52 Å².